The van der Waals surface area contributed by atoms with Crippen LogP contribution in [0.15, 0.2) is 24.3 Å². The molecule has 0 aromatic heterocycles. The van der Waals surface area contributed by atoms with E-state index in [4.69, 9.17) is 9.47 Å². The Morgan fingerprint density at radius 3 is 2.64 bits per heavy atom. The van der Waals surface area contributed by atoms with Gasteiger partial charge in [-0.3, -0.25) is 9.59 Å². The standard InChI is InChI=1S/C22H28N2O4/c25-21(13-17-12-15-5-6-16(17)11-15)24-14-20(22(26)23-7-9-27-10-8-23)28-19-4-2-1-3-18(19)24/h1-4,15-17,20H,5-14H2/t15-,16-,17+,20+/m0/s1. The van der Waals surface area contributed by atoms with Crippen LogP contribution in [-0.4, -0.2) is 55.7 Å². The van der Waals surface area contributed by atoms with Gasteiger partial charge in [-0.05, 0) is 49.1 Å². The van der Waals surface area contributed by atoms with Gasteiger partial charge < -0.3 is 19.3 Å². The number of benzene rings is 1. The highest BCUT2D eigenvalue weighted by molar-refractivity contribution is 5.97. The van der Waals surface area contributed by atoms with Crippen molar-refractivity contribution in [3.05, 3.63) is 24.3 Å². The zero-order chi connectivity index (χ0) is 19.1. The minimum absolute atomic E-state index is 0.0458. The van der Waals surface area contributed by atoms with Gasteiger partial charge in [-0.25, -0.2) is 0 Å². The normalized spacial score (nSPS) is 31.4. The maximum Gasteiger partial charge on any atom is 0.265 e. The summed E-state index contributed by atoms with van der Waals surface area (Å²) in [5, 5.41) is 0. The zero-order valence-electron chi connectivity index (χ0n) is 16.2. The smallest absolute Gasteiger partial charge is 0.265 e. The Morgan fingerprint density at radius 2 is 1.89 bits per heavy atom. The number of rotatable bonds is 3. The monoisotopic (exact) mass is 384 g/mol. The fourth-order valence-corrected chi connectivity index (χ4v) is 5.55. The highest BCUT2D eigenvalue weighted by Gasteiger charge is 2.42. The maximum absolute atomic E-state index is 13.3. The summed E-state index contributed by atoms with van der Waals surface area (Å²) in [4.78, 5) is 29.8. The SMILES string of the molecule is O=C([C@H]1CN(C(=O)C[C@H]2C[C@H]3CC[C@H]2C3)c2ccccc2O1)N1CCOCC1. The Labute approximate surface area is 165 Å². The van der Waals surface area contributed by atoms with Gasteiger partial charge in [0.25, 0.3) is 5.91 Å². The molecule has 2 aliphatic heterocycles. The number of hydrogen-bond acceptors (Lipinski definition) is 4. The predicted molar refractivity (Wildman–Crippen MR) is 104 cm³/mol. The van der Waals surface area contributed by atoms with Crippen LogP contribution in [0.4, 0.5) is 5.69 Å². The molecule has 0 unspecified atom stereocenters. The summed E-state index contributed by atoms with van der Waals surface area (Å²) in [5.41, 5.74) is 0.793. The lowest BCUT2D eigenvalue weighted by Gasteiger charge is -2.38. The zero-order valence-corrected chi connectivity index (χ0v) is 16.2. The van der Waals surface area contributed by atoms with Crippen molar-refractivity contribution in [2.75, 3.05) is 37.7 Å². The molecule has 6 nitrogen and oxygen atoms in total. The van der Waals surface area contributed by atoms with E-state index in [-0.39, 0.29) is 11.8 Å². The highest BCUT2D eigenvalue weighted by Crippen LogP contribution is 2.50. The second kappa shape index (κ2) is 7.39. The fraction of sp³-hybridized carbons (Fsp3) is 0.636. The molecule has 150 valence electrons. The lowest BCUT2D eigenvalue weighted by Crippen LogP contribution is -2.54. The van der Waals surface area contributed by atoms with Crippen LogP contribution < -0.4 is 9.64 Å². The Balaban J connectivity index is 1.33. The molecule has 4 atom stereocenters. The van der Waals surface area contributed by atoms with Gasteiger partial charge >= 0.3 is 0 Å². The number of morpholine rings is 1. The molecule has 0 N–H and O–H groups in total. The van der Waals surface area contributed by atoms with E-state index in [1.165, 1.54) is 25.7 Å². The van der Waals surface area contributed by atoms with E-state index < -0.39 is 6.10 Å². The van der Waals surface area contributed by atoms with Crippen LogP contribution in [-0.2, 0) is 14.3 Å². The topological polar surface area (TPSA) is 59.1 Å². The van der Waals surface area contributed by atoms with Crippen LogP contribution in [0.5, 0.6) is 5.75 Å². The van der Waals surface area contributed by atoms with Gasteiger partial charge in [0.2, 0.25) is 5.91 Å². The molecule has 2 bridgehead atoms. The molecule has 6 heteroatoms. The molecule has 2 amide bonds. The van der Waals surface area contributed by atoms with Crippen molar-refractivity contribution in [2.24, 2.45) is 17.8 Å². The Bertz CT molecular complexity index is 761. The molecule has 2 heterocycles. The van der Waals surface area contributed by atoms with Crippen molar-refractivity contribution in [2.45, 2.75) is 38.2 Å². The maximum atomic E-state index is 13.3. The van der Waals surface area contributed by atoms with Crippen LogP contribution >= 0.6 is 0 Å². The average Bonchev–Trinajstić information content (AvgIpc) is 3.36. The van der Waals surface area contributed by atoms with E-state index >= 15 is 0 Å². The van der Waals surface area contributed by atoms with Crippen LogP contribution in [0.1, 0.15) is 32.1 Å². The van der Waals surface area contributed by atoms with Gasteiger partial charge in [-0.15, -0.1) is 0 Å². The quantitative estimate of drug-likeness (QED) is 0.803. The van der Waals surface area contributed by atoms with Crippen molar-refractivity contribution in [3.63, 3.8) is 0 Å². The lowest BCUT2D eigenvalue weighted by atomic mass is 9.86. The fourth-order valence-electron chi connectivity index (χ4n) is 5.55. The molecule has 2 saturated carbocycles. The molecular formula is C22H28N2O4. The van der Waals surface area contributed by atoms with E-state index in [1.54, 1.807) is 9.80 Å². The van der Waals surface area contributed by atoms with Gasteiger partial charge in [-0.2, -0.15) is 0 Å². The van der Waals surface area contributed by atoms with Crippen LogP contribution in [0.2, 0.25) is 0 Å². The Hall–Kier alpha value is -2.08. The van der Waals surface area contributed by atoms with Crippen molar-refractivity contribution in [3.8, 4) is 5.75 Å². The van der Waals surface area contributed by atoms with Crippen LogP contribution in [0.25, 0.3) is 0 Å². The van der Waals surface area contributed by atoms with Crippen LogP contribution in [0.3, 0.4) is 0 Å². The summed E-state index contributed by atoms with van der Waals surface area (Å²) in [6.45, 7) is 2.58. The molecular weight excluding hydrogens is 356 g/mol. The van der Waals surface area contributed by atoms with E-state index in [1.807, 2.05) is 24.3 Å². The molecule has 3 fully saturated rings. The molecule has 4 aliphatic rings. The molecule has 1 aromatic carbocycles. The number of anilines is 1. The minimum Gasteiger partial charge on any atom is -0.476 e. The molecule has 1 saturated heterocycles. The van der Waals surface area contributed by atoms with Crippen molar-refractivity contribution in [1.82, 2.24) is 4.90 Å². The largest absolute Gasteiger partial charge is 0.476 e. The molecule has 5 rings (SSSR count). The van der Waals surface area contributed by atoms with E-state index in [2.05, 4.69) is 0 Å². The third-order valence-electron chi connectivity index (χ3n) is 6.99. The third-order valence-corrected chi connectivity index (χ3v) is 6.99. The molecule has 28 heavy (non-hydrogen) atoms. The number of carbonyl (C=O) groups is 2. The number of nitrogens with zero attached hydrogens (tertiary/aromatic N) is 2. The van der Waals surface area contributed by atoms with E-state index in [9.17, 15) is 9.59 Å². The van der Waals surface area contributed by atoms with E-state index in [0.717, 1.165) is 17.5 Å². The van der Waals surface area contributed by atoms with Crippen molar-refractivity contribution in [1.29, 1.82) is 0 Å². The van der Waals surface area contributed by atoms with Crippen molar-refractivity contribution < 1.29 is 19.1 Å². The number of amides is 2. The first-order valence-electron chi connectivity index (χ1n) is 10.6. The molecule has 1 aromatic rings. The summed E-state index contributed by atoms with van der Waals surface area (Å²) in [6.07, 6.45) is 5.06. The van der Waals surface area contributed by atoms with Crippen LogP contribution in [0, 0.1) is 17.8 Å². The average molecular weight is 384 g/mol. The first-order valence-corrected chi connectivity index (χ1v) is 10.6. The Kier molecular flexibility index (Phi) is 4.75. The number of para-hydroxylation sites is 2. The predicted octanol–water partition coefficient (Wildman–Crippen LogP) is 2.47. The van der Waals surface area contributed by atoms with Gasteiger partial charge in [0.15, 0.2) is 6.10 Å². The first kappa shape index (κ1) is 18.0. The lowest BCUT2D eigenvalue weighted by molar-refractivity contribution is -0.142. The number of ether oxygens (including phenoxy) is 2. The summed E-state index contributed by atoms with van der Waals surface area (Å²) in [7, 11) is 0. The minimum atomic E-state index is -0.642. The summed E-state index contributed by atoms with van der Waals surface area (Å²) in [6, 6.07) is 7.58. The molecule has 2 aliphatic carbocycles. The highest BCUT2D eigenvalue weighted by atomic mass is 16.5. The first-order chi connectivity index (χ1) is 13.7. The van der Waals surface area contributed by atoms with Gasteiger partial charge in [0.05, 0.1) is 25.4 Å². The number of fused-ring (bicyclic) bond motifs is 3. The number of carbonyl (C=O) groups excluding carboxylic acids is 2. The second-order valence-electron chi connectivity index (χ2n) is 8.66. The summed E-state index contributed by atoms with van der Waals surface area (Å²) < 4.78 is 11.4. The van der Waals surface area contributed by atoms with E-state index in [0.29, 0.717) is 50.9 Å². The summed E-state index contributed by atoms with van der Waals surface area (Å²) >= 11 is 0. The third kappa shape index (κ3) is 3.28. The second-order valence-corrected chi connectivity index (χ2v) is 8.66. The van der Waals surface area contributed by atoms with Gasteiger partial charge in [0.1, 0.15) is 5.75 Å². The summed E-state index contributed by atoms with van der Waals surface area (Å²) in [5.74, 6) is 2.77. The Morgan fingerprint density at radius 1 is 1.07 bits per heavy atom. The number of hydrogen-bond donors (Lipinski definition) is 0. The van der Waals surface area contributed by atoms with Crippen molar-refractivity contribution >= 4 is 17.5 Å². The molecule has 0 radical (unpaired) electrons. The molecule has 0 spiro atoms. The van der Waals surface area contributed by atoms with Gasteiger partial charge in [-0.1, -0.05) is 18.6 Å². The van der Waals surface area contributed by atoms with Gasteiger partial charge in [0, 0.05) is 19.5 Å².